The van der Waals surface area contributed by atoms with Crippen molar-refractivity contribution in [3.05, 3.63) is 90.4 Å². The molecule has 33 heavy (non-hydrogen) atoms. The molecule has 0 saturated heterocycles. The lowest BCUT2D eigenvalue weighted by atomic mass is 9.76. The first-order valence-electron chi connectivity index (χ1n) is 12.5. The number of aromatic amines is 1. The number of hydrogen-bond donors (Lipinski definition) is 1. The summed E-state index contributed by atoms with van der Waals surface area (Å²) in [6.07, 6.45) is 8.97. The van der Waals surface area contributed by atoms with E-state index in [2.05, 4.69) is 98.2 Å². The number of benzene rings is 2. The number of aryl methyl sites for hydroxylation is 1. The van der Waals surface area contributed by atoms with Gasteiger partial charge in [0.05, 0.1) is 0 Å². The van der Waals surface area contributed by atoms with Crippen LogP contribution in [0.2, 0.25) is 0 Å². The molecule has 2 atom stereocenters. The van der Waals surface area contributed by atoms with Crippen molar-refractivity contribution in [1.82, 2.24) is 9.55 Å². The van der Waals surface area contributed by atoms with Crippen molar-refractivity contribution in [3.63, 3.8) is 0 Å². The third kappa shape index (κ3) is 4.72. The first-order chi connectivity index (χ1) is 16.0. The Kier molecular flexibility index (Phi) is 6.96. The molecular formula is C31H38N2. The Labute approximate surface area is 199 Å². The number of allylic oxidation sites excluding steroid dienone is 1. The highest BCUT2D eigenvalue weighted by Gasteiger charge is 2.50. The predicted molar refractivity (Wildman–Crippen MR) is 143 cm³/mol. The highest BCUT2D eigenvalue weighted by molar-refractivity contribution is 5.84. The van der Waals surface area contributed by atoms with Gasteiger partial charge in [0, 0.05) is 35.4 Å². The third-order valence-corrected chi connectivity index (χ3v) is 7.38. The van der Waals surface area contributed by atoms with Gasteiger partial charge in [-0.2, -0.15) is 0 Å². The first kappa shape index (κ1) is 23.2. The van der Waals surface area contributed by atoms with Gasteiger partial charge in [0.15, 0.2) is 0 Å². The van der Waals surface area contributed by atoms with Gasteiger partial charge in [0.1, 0.15) is 0 Å². The quantitative estimate of drug-likeness (QED) is 0.278. The van der Waals surface area contributed by atoms with E-state index < -0.39 is 0 Å². The summed E-state index contributed by atoms with van der Waals surface area (Å²) in [5.41, 5.74) is 9.01. The summed E-state index contributed by atoms with van der Waals surface area (Å²) in [5.74, 6) is 1.40. The fourth-order valence-corrected chi connectivity index (χ4v) is 5.45. The van der Waals surface area contributed by atoms with Crippen LogP contribution in [0, 0.1) is 11.3 Å². The van der Waals surface area contributed by atoms with Gasteiger partial charge in [-0.05, 0) is 77.3 Å². The van der Waals surface area contributed by atoms with Crippen molar-refractivity contribution in [2.24, 2.45) is 11.3 Å². The second kappa shape index (κ2) is 9.89. The van der Waals surface area contributed by atoms with E-state index in [1.54, 1.807) is 5.56 Å². The Morgan fingerprint density at radius 3 is 2.61 bits per heavy atom. The Morgan fingerprint density at radius 1 is 1.06 bits per heavy atom. The molecular weight excluding hydrogens is 400 g/mol. The number of hydrogen-bond acceptors (Lipinski definition) is 0. The highest BCUT2D eigenvalue weighted by atomic mass is 14.9. The predicted octanol–water partition coefficient (Wildman–Crippen LogP) is 8.86. The van der Waals surface area contributed by atoms with E-state index in [0.29, 0.717) is 11.8 Å². The van der Waals surface area contributed by atoms with Crippen molar-refractivity contribution >= 4 is 21.8 Å². The summed E-state index contributed by atoms with van der Waals surface area (Å²) in [6.45, 7) is 14.3. The van der Waals surface area contributed by atoms with Crippen LogP contribution in [0.25, 0.3) is 21.8 Å². The molecule has 4 aromatic rings. The standard InChI is InChI=1S/C23H31N.C8H7N/c1-6-10-17(8-3)23(4,5)21-16-20(21)18-11-9-12-22-19(18)13-15-24(22)14-7-2;1-2-4-8-7(3-1)5-6-9-8/h9,11-13,15,20-21H,3,6-7,10,14,16H2,1-2,4-5H3;1-6,9H. The molecule has 2 aromatic heterocycles. The normalized spacial score (nSPS) is 17.5. The summed E-state index contributed by atoms with van der Waals surface area (Å²) >= 11 is 0. The highest BCUT2D eigenvalue weighted by Crippen LogP contribution is 2.60. The van der Waals surface area contributed by atoms with Gasteiger partial charge in [-0.15, -0.1) is 5.73 Å². The molecule has 0 spiro atoms. The molecule has 0 amide bonds. The molecule has 1 aliphatic carbocycles. The average Bonchev–Trinajstić information content (AvgIpc) is 3.32. The lowest BCUT2D eigenvalue weighted by molar-refractivity contribution is 0.361. The van der Waals surface area contributed by atoms with Crippen LogP contribution >= 0.6 is 0 Å². The zero-order valence-electron chi connectivity index (χ0n) is 20.7. The monoisotopic (exact) mass is 438 g/mol. The van der Waals surface area contributed by atoms with Crippen molar-refractivity contribution < 1.29 is 0 Å². The Hall–Kier alpha value is -2.96. The molecule has 2 aromatic carbocycles. The Bertz CT molecular complexity index is 1230. The number of fused-ring (bicyclic) bond motifs is 2. The summed E-state index contributed by atoms with van der Waals surface area (Å²) in [6, 6.07) is 19.5. The number of nitrogens with one attached hydrogen (secondary N) is 1. The van der Waals surface area contributed by atoms with Gasteiger partial charge in [0.2, 0.25) is 0 Å². The van der Waals surface area contributed by atoms with E-state index in [9.17, 15) is 0 Å². The van der Waals surface area contributed by atoms with Crippen molar-refractivity contribution in [3.8, 4) is 0 Å². The fourth-order valence-electron chi connectivity index (χ4n) is 5.45. The average molecular weight is 439 g/mol. The fraction of sp³-hybridized carbons (Fsp3) is 0.387. The molecule has 1 N–H and O–H groups in total. The molecule has 2 heterocycles. The molecule has 1 saturated carbocycles. The van der Waals surface area contributed by atoms with Crippen molar-refractivity contribution in [2.45, 2.75) is 65.8 Å². The molecule has 2 heteroatoms. The Morgan fingerprint density at radius 2 is 1.88 bits per heavy atom. The number of H-pyrrole nitrogens is 1. The largest absolute Gasteiger partial charge is 0.361 e. The van der Waals surface area contributed by atoms with Gasteiger partial charge in [0.25, 0.3) is 0 Å². The molecule has 0 aliphatic heterocycles. The molecule has 1 aliphatic rings. The lowest BCUT2D eigenvalue weighted by Crippen LogP contribution is -2.18. The summed E-state index contributed by atoms with van der Waals surface area (Å²) in [5, 5.41) is 2.73. The van der Waals surface area contributed by atoms with Crippen LogP contribution in [0.15, 0.2) is 84.9 Å². The van der Waals surface area contributed by atoms with Crippen LogP contribution in [-0.2, 0) is 6.54 Å². The van der Waals surface area contributed by atoms with Crippen LogP contribution in [0.1, 0.15) is 64.9 Å². The van der Waals surface area contributed by atoms with E-state index >= 15 is 0 Å². The molecule has 172 valence electrons. The smallest absolute Gasteiger partial charge is 0.0483 e. The maximum absolute atomic E-state index is 3.96. The molecule has 2 unspecified atom stereocenters. The van der Waals surface area contributed by atoms with E-state index in [1.807, 2.05) is 18.3 Å². The zero-order valence-corrected chi connectivity index (χ0v) is 20.7. The molecule has 0 bridgehead atoms. The van der Waals surface area contributed by atoms with Gasteiger partial charge in [-0.25, -0.2) is 0 Å². The molecule has 1 fully saturated rings. The van der Waals surface area contributed by atoms with Crippen molar-refractivity contribution in [1.29, 1.82) is 0 Å². The number of para-hydroxylation sites is 1. The summed E-state index contributed by atoms with van der Waals surface area (Å²) < 4.78 is 2.40. The molecule has 2 nitrogen and oxygen atoms in total. The van der Waals surface area contributed by atoms with E-state index in [1.165, 1.54) is 46.6 Å². The second-order valence-corrected chi connectivity index (χ2v) is 9.93. The van der Waals surface area contributed by atoms with E-state index in [0.717, 1.165) is 13.0 Å². The maximum Gasteiger partial charge on any atom is 0.0483 e. The van der Waals surface area contributed by atoms with Gasteiger partial charge in [-0.1, -0.05) is 71.0 Å². The van der Waals surface area contributed by atoms with Crippen LogP contribution < -0.4 is 0 Å². The minimum Gasteiger partial charge on any atom is -0.361 e. The maximum atomic E-state index is 3.96. The number of rotatable bonds is 7. The van der Waals surface area contributed by atoms with Crippen LogP contribution in [-0.4, -0.2) is 9.55 Å². The first-order valence-corrected chi connectivity index (χ1v) is 12.5. The van der Waals surface area contributed by atoms with Crippen LogP contribution in [0.4, 0.5) is 0 Å². The molecule has 5 rings (SSSR count). The van der Waals surface area contributed by atoms with Gasteiger partial charge in [-0.3, -0.25) is 0 Å². The minimum atomic E-state index is 0.205. The molecule has 0 radical (unpaired) electrons. The zero-order chi connectivity index (χ0) is 23.4. The lowest BCUT2D eigenvalue weighted by Gasteiger charge is -2.27. The van der Waals surface area contributed by atoms with Crippen LogP contribution in [0.3, 0.4) is 0 Å². The van der Waals surface area contributed by atoms with Crippen LogP contribution in [0.5, 0.6) is 0 Å². The summed E-state index contributed by atoms with van der Waals surface area (Å²) in [4.78, 5) is 3.12. The van der Waals surface area contributed by atoms with E-state index in [-0.39, 0.29) is 5.41 Å². The number of nitrogens with zero attached hydrogens (tertiary/aromatic N) is 1. The minimum absolute atomic E-state index is 0.205. The second-order valence-electron chi connectivity index (χ2n) is 9.93. The topological polar surface area (TPSA) is 20.7 Å². The summed E-state index contributed by atoms with van der Waals surface area (Å²) in [7, 11) is 0. The van der Waals surface area contributed by atoms with Gasteiger partial charge < -0.3 is 9.55 Å². The third-order valence-electron chi connectivity index (χ3n) is 7.38. The SMILES string of the molecule is C=C=C(CCC)C(C)(C)C1CC1c1cccc2c1ccn2CCC.c1ccc2[nH]ccc2c1. The van der Waals surface area contributed by atoms with E-state index in [4.69, 9.17) is 0 Å². The van der Waals surface area contributed by atoms with Gasteiger partial charge >= 0.3 is 0 Å². The Balaban J connectivity index is 0.000000238. The number of aromatic nitrogens is 2. The van der Waals surface area contributed by atoms with Crippen molar-refractivity contribution in [2.75, 3.05) is 0 Å².